The molecule has 2 N–H and O–H groups in total. The van der Waals surface area contributed by atoms with Crippen molar-refractivity contribution in [2.45, 2.75) is 46.1 Å². The van der Waals surface area contributed by atoms with Crippen LogP contribution < -0.4 is 5.73 Å². The Kier molecular flexibility index (Phi) is 5.20. The van der Waals surface area contributed by atoms with Crippen molar-refractivity contribution in [3.63, 3.8) is 0 Å². The van der Waals surface area contributed by atoms with Crippen molar-refractivity contribution in [1.29, 1.82) is 0 Å². The minimum atomic E-state index is 0.597. The molecule has 0 radical (unpaired) electrons. The van der Waals surface area contributed by atoms with Gasteiger partial charge in [0.2, 0.25) is 0 Å². The van der Waals surface area contributed by atoms with Gasteiger partial charge in [-0.2, -0.15) is 0 Å². The van der Waals surface area contributed by atoms with Gasteiger partial charge >= 0.3 is 0 Å². The monoisotopic (exact) mass is 218 g/mol. The molecule has 0 amide bonds. The average molecular weight is 218 g/mol. The van der Waals surface area contributed by atoms with Gasteiger partial charge in [0, 0.05) is 17.9 Å². The van der Waals surface area contributed by atoms with E-state index in [9.17, 15) is 0 Å². The summed E-state index contributed by atoms with van der Waals surface area (Å²) in [7, 11) is 0. The zero-order valence-electron chi connectivity index (χ0n) is 10.4. The summed E-state index contributed by atoms with van der Waals surface area (Å²) < 4.78 is 0. The summed E-state index contributed by atoms with van der Waals surface area (Å²) in [5.74, 6) is 0. The van der Waals surface area contributed by atoms with Crippen molar-refractivity contribution < 1.29 is 0 Å². The van der Waals surface area contributed by atoms with E-state index in [2.05, 4.69) is 31.5 Å². The van der Waals surface area contributed by atoms with Gasteiger partial charge in [-0.25, -0.2) is 0 Å². The second kappa shape index (κ2) is 6.44. The number of unbranched alkanes of at least 4 members (excludes halogenated alkanes) is 1. The summed E-state index contributed by atoms with van der Waals surface area (Å²) >= 11 is 0. The van der Waals surface area contributed by atoms with Crippen molar-refractivity contribution in [1.82, 2.24) is 4.98 Å². The van der Waals surface area contributed by atoms with Crippen molar-refractivity contribution in [2.24, 2.45) is 5.73 Å². The fourth-order valence-electron chi connectivity index (χ4n) is 2.04. The predicted molar refractivity (Wildman–Crippen MR) is 69.4 cm³/mol. The first kappa shape index (κ1) is 12.9. The summed E-state index contributed by atoms with van der Waals surface area (Å²) in [4.78, 5) is 4.55. The molecule has 0 saturated heterocycles. The maximum Gasteiger partial charge on any atom is 0.0451 e. The van der Waals surface area contributed by atoms with Gasteiger partial charge in [-0.1, -0.05) is 13.0 Å². The zero-order valence-corrected chi connectivity index (χ0v) is 10.4. The SMILES string of the molecule is C=CCCCc1cc(C)nc(CC)c1CN. The van der Waals surface area contributed by atoms with Crippen LogP contribution in [0.15, 0.2) is 18.7 Å². The van der Waals surface area contributed by atoms with Crippen LogP contribution in [0.2, 0.25) is 0 Å². The Morgan fingerprint density at radius 3 is 2.81 bits per heavy atom. The number of aromatic nitrogens is 1. The highest BCUT2D eigenvalue weighted by molar-refractivity contribution is 5.33. The summed E-state index contributed by atoms with van der Waals surface area (Å²) in [6, 6.07) is 2.17. The molecule has 2 heteroatoms. The van der Waals surface area contributed by atoms with Gasteiger partial charge in [-0.05, 0) is 49.8 Å². The summed E-state index contributed by atoms with van der Waals surface area (Å²) in [5.41, 5.74) is 10.7. The molecule has 0 bridgehead atoms. The fourth-order valence-corrected chi connectivity index (χ4v) is 2.04. The largest absolute Gasteiger partial charge is 0.326 e. The Balaban J connectivity index is 2.95. The lowest BCUT2D eigenvalue weighted by Gasteiger charge is -2.12. The quantitative estimate of drug-likeness (QED) is 0.589. The van der Waals surface area contributed by atoms with E-state index in [0.717, 1.165) is 37.1 Å². The van der Waals surface area contributed by atoms with E-state index in [1.54, 1.807) is 0 Å². The van der Waals surface area contributed by atoms with Crippen LogP contribution in [0, 0.1) is 6.92 Å². The third-order valence-corrected chi connectivity index (χ3v) is 2.82. The Bertz CT molecular complexity index is 356. The molecule has 0 fully saturated rings. The van der Waals surface area contributed by atoms with Crippen LogP contribution in [0.1, 0.15) is 42.3 Å². The molecule has 0 aromatic carbocycles. The highest BCUT2D eigenvalue weighted by Gasteiger charge is 2.08. The first-order chi connectivity index (χ1) is 7.72. The molecule has 0 atom stereocenters. The Morgan fingerprint density at radius 1 is 1.50 bits per heavy atom. The van der Waals surface area contributed by atoms with Gasteiger partial charge in [0.15, 0.2) is 0 Å². The molecule has 1 aromatic heterocycles. The third-order valence-electron chi connectivity index (χ3n) is 2.82. The molecule has 0 spiro atoms. The first-order valence-electron chi connectivity index (χ1n) is 6.02. The fraction of sp³-hybridized carbons (Fsp3) is 0.500. The number of allylic oxidation sites excluding steroid dienone is 1. The van der Waals surface area contributed by atoms with Crippen LogP contribution >= 0.6 is 0 Å². The van der Waals surface area contributed by atoms with Gasteiger partial charge in [0.25, 0.3) is 0 Å². The molecule has 16 heavy (non-hydrogen) atoms. The van der Waals surface area contributed by atoms with Crippen LogP contribution in [0.25, 0.3) is 0 Å². The Morgan fingerprint density at radius 2 is 2.25 bits per heavy atom. The van der Waals surface area contributed by atoms with Gasteiger partial charge in [0.1, 0.15) is 0 Å². The smallest absolute Gasteiger partial charge is 0.0451 e. The highest BCUT2D eigenvalue weighted by Crippen LogP contribution is 2.17. The lowest BCUT2D eigenvalue weighted by Crippen LogP contribution is -2.09. The number of hydrogen-bond donors (Lipinski definition) is 1. The Labute approximate surface area is 98.6 Å². The van der Waals surface area contributed by atoms with E-state index in [-0.39, 0.29) is 0 Å². The molecule has 0 saturated carbocycles. The highest BCUT2D eigenvalue weighted by atomic mass is 14.7. The lowest BCUT2D eigenvalue weighted by atomic mass is 9.99. The molecule has 88 valence electrons. The van der Waals surface area contributed by atoms with Gasteiger partial charge < -0.3 is 5.73 Å². The van der Waals surface area contributed by atoms with Gasteiger partial charge in [-0.3, -0.25) is 4.98 Å². The summed E-state index contributed by atoms with van der Waals surface area (Å²) in [6.45, 7) is 8.53. The minimum absolute atomic E-state index is 0.597. The van der Waals surface area contributed by atoms with Crippen molar-refractivity contribution >= 4 is 0 Å². The number of aryl methyl sites for hydroxylation is 3. The standard InChI is InChI=1S/C14H22N2/c1-4-6-7-8-12-9-11(3)16-14(5-2)13(12)10-15/h4,9H,1,5-8,10,15H2,2-3H3. The van der Waals surface area contributed by atoms with Gasteiger partial charge in [0.05, 0.1) is 0 Å². The second-order valence-corrected chi connectivity index (χ2v) is 4.09. The number of nitrogens with two attached hydrogens (primary N) is 1. The van der Waals surface area contributed by atoms with E-state index >= 15 is 0 Å². The normalized spacial score (nSPS) is 10.4. The number of hydrogen-bond acceptors (Lipinski definition) is 2. The predicted octanol–water partition coefficient (Wildman–Crippen LogP) is 2.92. The number of nitrogens with zero attached hydrogens (tertiary/aromatic N) is 1. The van der Waals surface area contributed by atoms with Crippen LogP contribution in [-0.4, -0.2) is 4.98 Å². The van der Waals surface area contributed by atoms with E-state index in [1.807, 2.05) is 6.08 Å². The average Bonchev–Trinajstić information content (AvgIpc) is 2.28. The van der Waals surface area contributed by atoms with Crippen LogP contribution in [0.3, 0.4) is 0 Å². The van der Waals surface area contributed by atoms with Crippen LogP contribution in [-0.2, 0) is 19.4 Å². The molecule has 0 unspecified atom stereocenters. The lowest BCUT2D eigenvalue weighted by molar-refractivity contribution is 0.809. The number of rotatable bonds is 6. The van der Waals surface area contributed by atoms with E-state index in [4.69, 9.17) is 5.73 Å². The molecule has 0 aliphatic carbocycles. The van der Waals surface area contributed by atoms with Crippen molar-refractivity contribution in [3.05, 3.63) is 41.2 Å². The molecular formula is C14H22N2. The molecule has 1 heterocycles. The van der Waals surface area contributed by atoms with Crippen LogP contribution in [0.5, 0.6) is 0 Å². The minimum Gasteiger partial charge on any atom is -0.326 e. The maximum absolute atomic E-state index is 5.82. The van der Waals surface area contributed by atoms with E-state index < -0.39 is 0 Å². The van der Waals surface area contributed by atoms with Crippen molar-refractivity contribution in [3.8, 4) is 0 Å². The molecule has 1 aromatic rings. The number of pyridine rings is 1. The summed E-state index contributed by atoms with van der Waals surface area (Å²) in [5, 5.41) is 0. The van der Waals surface area contributed by atoms with Gasteiger partial charge in [-0.15, -0.1) is 6.58 Å². The van der Waals surface area contributed by atoms with E-state index in [0.29, 0.717) is 6.54 Å². The first-order valence-corrected chi connectivity index (χ1v) is 6.02. The van der Waals surface area contributed by atoms with E-state index in [1.165, 1.54) is 11.1 Å². The molecule has 0 aliphatic rings. The molecule has 2 nitrogen and oxygen atoms in total. The molecule has 1 rings (SSSR count). The second-order valence-electron chi connectivity index (χ2n) is 4.09. The van der Waals surface area contributed by atoms with Crippen LogP contribution in [0.4, 0.5) is 0 Å². The third kappa shape index (κ3) is 3.17. The molecular weight excluding hydrogens is 196 g/mol. The topological polar surface area (TPSA) is 38.9 Å². The maximum atomic E-state index is 5.82. The van der Waals surface area contributed by atoms with Crippen molar-refractivity contribution in [2.75, 3.05) is 0 Å². The summed E-state index contributed by atoms with van der Waals surface area (Å²) in [6.07, 6.45) is 6.21. The zero-order chi connectivity index (χ0) is 12.0. The molecule has 0 aliphatic heterocycles. The Hall–Kier alpha value is -1.15.